The quantitative estimate of drug-likeness (QED) is 0.751. The summed E-state index contributed by atoms with van der Waals surface area (Å²) >= 11 is 1.48. The Balaban J connectivity index is 1.62. The molecule has 3 rings (SSSR count). The molecule has 0 amide bonds. The molecule has 7 heteroatoms. The molecular formula is C15H16N2O4S. The maximum Gasteiger partial charge on any atom is 0.262 e. The van der Waals surface area contributed by atoms with Crippen LogP contribution in [0.5, 0.6) is 0 Å². The van der Waals surface area contributed by atoms with Gasteiger partial charge in [0, 0.05) is 4.88 Å². The highest BCUT2D eigenvalue weighted by atomic mass is 32.1. The Labute approximate surface area is 130 Å². The van der Waals surface area contributed by atoms with Gasteiger partial charge in [0.1, 0.15) is 17.2 Å². The molecule has 0 saturated carbocycles. The Morgan fingerprint density at radius 3 is 3.18 bits per heavy atom. The normalized spacial score (nSPS) is 12.8. The van der Waals surface area contributed by atoms with Crippen molar-refractivity contribution in [1.29, 1.82) is 0 Å². The number of nitrogens with zero attached hydrogens (tertiary/aromatic N) is 2. The van der Waals surface area contributed by atoms with Crippen LogP contribution in [-0.4, -0.2) is 27.4 Å². The van der Waals surface area contributed by atoms with Gasteiger partial charge < -0.3 is 14.3 Å². The lowest BCUT2D eigenvalue weighted by molar-refractivity contribution is 0.0142. The molecule has 1 atom stereocenters. The standard InChI is InChI=1S/C15H16N2O4S/c1-10-5-13-14(22-10)16-9-17(15(13)19)6-11(18)7-20-8-12-3-2-4-21-12/h2-5,9,11,18H,6-8H2,1H3. The first kappa shape index (κ1) is 15.0. The van der Waals surface area contributed by atoms with Gasteiger partial charge in [0.25, 0.3) is 5.56 Å². The van der Waals surface area contributed by atoms with E-state index < -0.39 is 6.10 Å². The minimum Gasteiger partial charge on any atom is -0.467 e. The van der Waals surface area contributed by atoms with Crippen molar-refractivity contribution in [2.24, 2.45) is 0 Å². The van der Waals surface area contributed by atoms with Crippen molar-refractivity contribution in [3.63, 3.8) is 0 Å². The molecule has 0 bridgehead atoms. The van der Waals surface area contributed by atoms with E-state index in [2.05, 4.69) is 4.98 Å². The predicted molar refractivity (Wildman–Crippen MR) is 83.0 cm³/mol. The molecule has 0 fully saturated rings. The van der Waals surface area contributed by atoms with E-state index in [0.717, 1.165) is 9.71 Å². The highest BCUT2D eigenvalue weighted by molar-refractivity contribution is 7.18. The van der Waals surface area contributed by atoms with Crippen LogP contribution in [0.1, 0.15) is 10.6 Å². The largest absolute Gasteiger partial charge is 0.467 e. The molecule has 0 saturated heterocycles. The van der Waals surface area contributed by atoms with E-state index >= 15 is 0 Å². The number of aliphatic hydroxyl groups is 1. The summed E-state index contributed by atoms with van der Waals surface area (Å²) in [4.78, 5) is 18.3. The Bertz CT molecular complexity index is 807. The number of hydrogen-bond donors (Lipinski definition) is 1. The zero-order valence-corrected chi connectivity index (χ0v) is 12.9. The Morgan fingerprint density at radius 1 is 1.55 bits per heavy atom. The summed E-state index contributed by atoms with van der Waals surface area (Å²) in [6.45, 7) is 2.50. The van der Waals surface area contributed by atoms with Gasteiger partial charge in [-0.05, 0) is 25.1 Å². The van der Waals surface area contributed by atoms with E-state index in [-0.39, 0.29) is 18.7 Å². The van der Waals surface area contributed by atoms with Gasteiger partial charge in [0.15, 0.2) is 0 Å². The molecule has 0 spiro atoms. The van der Waals surface area contributed by atoms with Gasteiger partial charge in [-0.3, -0.25) is 9.36 Å². The fraction of sp³-hybridized carbons (Fsp3) is 0.333. The van der Waals surface area contributed by atoms with Crippen LogP contribution in [0.4, 0.5) is 0 Å². The average Bonchev–Trinajstić information content (AvgIpc) is 3.11. The molecule has 0 aromatic carbocycles. The van der Waals surface area contributed by atoms with Crippen LogP contribution in [0.2, 0.25) is 0 Å². The van der Waals surface area contributed by atoms with E-state index in [1.807, 2.05) is 13.0 Å². The second-order valence-electron chi connectivity index (χ2n) is 5.03. The summed E-state index contributed by atoms with van der Waals surface area (Å²) in [5, 5.41) is 10.6. The van der Waals surface area contributed by atoms with Crippen molar-refractivity contribution in [1.82, 2.24) is 9.55 Å². The van der Waals surface area contributed by atoms with Crippen molar-refractivity contribution in [2.45, 2.75) is 26.2 Å². The van der Waals surface area contributed by atoms with Gasteiger partial charge in [-0.2, -0.15) is 0 Å². The number of hydrogen-bond acceptors (Lipinski definition) is 6. The Morgan fingerprint density at radius 2 is 2.41 bits per heavy atom. The van der Waals surface area contributed by atoms with E-state index in [9.17, 15) is 9.90 Å². The van der Waals surface area contributed by atoms with Gasteiger partial charge in [-0.25, -0.2) is 4.98 Å². The number of aromatic nitrogens is 2. The molecule has 0 aliphatic carbocycles. The second-order valence-corrected chi connectivity index (χ2v) is 6.26. The average molecular weight is 320 g/mol. The number of furan rings is 1. The van der Waals surface area contributed by atoms with Crippen LogP contribution < -0.4 is 5.56 Å². The first-order valence-corrected chi connectivity index (χ1v) is 7.69. The SMILES string of the molecule is Cc1cc2c(=O)n(CC(O)COCc3ccco3)cnc2s1. The minimum atomic E-state index is -0.786. The predicted octanol–water partition coefficient (Wildman–Crippen LogP) is 1.94. The van der Waals surface area contributed by atoms with Crippen LogP contribution in [0.15, 0.2) is 40.0 Å². The molecule has 22 heavy (non-hydrogen) atoms. The zero-order valence-electron chi connectivity index (χ0n) is 12.1. The molecule has 1 N–H and O–H groups in total. The Hall–Kier alpha value is -1.96. The van der Waals surface area contributed by atoms with E-state index in [0.29, 0.717) is 17.8 Å². The monoisotopic (exact) mass is 320 g/mol. The zero-order chi connectivity index (χ0) is 15.5. The number of rotatable bonds is 6. The van der Waals surface area contributed by atoms with Crippen molar-refractivity contribution < 1.29 is 14.3 Å². The molecule has 1 unspecified atom stereocenters. The lowest BCUT2D eigenvalue weighted by Gasteiger charge is -2.12. The van der Waals surface area contributed by atoms with Gasteiger partial charge >= 0.3 is 0 Å². The van der Waals surface area contributed by atoms with Crippen molar-refractivity contribution >= 4 is 21.6 Å². The van der Waals surface area contributed by atoms with Crippen molar-refractivity contribution in [3.05, 3.63) is 51.8 Å². The highest BCUT2D eigenvalue weighted by Crippen LogP contribution is 2.19. The Kier molecular flexibility index (Phi) is 4.37. The highest BCUT2D eigenvalue weighted by Gasteiger charge is 2.11. The molecule has 0 aliphatic rings. The molecule has 0 aliphatic heterocycles. The number of thiophene rings is 1. The fourth-order valence-corrected chi connectivity index (χ4v) is 3.02. The lowest BCUT2D eigenvalue weighted by atomic mass is 10.3. The third-order valence-corrected chi connectivity index (χ3v) is 4.14. The third kappa shape index (κ3) is 3.27. The molecule has 116 valence electrons. The van der Waals surface area contributed by atoms with Crippen LogP contribution in [0.25, 0.3) is 10.2 Å². The number of ether oxygens (including phenoxy) is 1. The van der Waals surface area contributed by atoms with Gasteiger partial charge in [-0.1, -0.05) is 0 Å². The van der Waals surface area contributed by atoms with Crippen molar-refractivity contribution in [2.75, 3.05) is 6.61 Å². The molecule has 3 aromatic rings. The number of aryl methyl sites for hydroxylation is 1. The summed E-state index contributed by atoms with van der Waals surface area (Å²) in [5.41, 5.74) is -0.139. The molecular weight excluding hydrogens is 304 g/mol. The molecule has 3 heterocycles. The van der Waals surface area contributed by atoms with E-state index in [1.54, 1.807) is 18.4 Å². The van der Waals surface area contributed by atoms with Crippen LogP contribution in [-0.2, 0) is 17.9 Å². The fourth-order valence-electron chi connectivity index (χ4n) is 2.18. The molecule has 0 radical (unpaired) electrons. The summed E-state index contributed by atoms with van der Waals surface area (Å²) in [5.74, 6) is 0.696. The maximum absolute atomic E-state index is 12.3. The maximum atomic E-state index is 12.3. The molecule has 6 nitrogen and oxygen atoms in total. The summed E-state index contributed by atoms with van der Waals surface area (Å²) < 4.78 is 11.9. The van der Waals surface area contributed by atoms with Gasteiger partial charge in [0.05, 0.1) is 37.2 Å². The smallest absolute Gasteiger partial charge is 0.262 e. The molecule has 3 aromatic heterocycles. The minimum absolute atomic E-state index is 0.119. The lowest BCUT2D eigenvalue weighted by Crippen LogP contribution is -2.29. The number of aliphatic hydroxyl groups excluding tert-OH is 1. The summed E-state index contributed by atoms with van der Waals surface area (Å²) in [6.07, 6.45) is 2.25. The number of fused-ring (bicyclic) bond motifs is 1. The van der Waals surface area contributed by atoms with Gasteiger partial charge in [0.2, 0.25) is 0 Å². The van der Waals surface area contributed by atoms with Crippen LogP contribution in [0.3, 0.4) is 0 Å². The van der Waals surface area contributed by atoms with Crippen LogP contribution >= 0.6 is 11.3 Å². The van der Waals surface area contributed by atoms with Crippen molar-refractivity contribution in [3.8, 4) is 0 Å². The first-order valence-electron chi connectivity index (χ1n) is 6.87. The third-order valence-electron chi connectivity index (χ3n) is 3.18. The van der Waals surface area contributed by atoms with Gasteiger partial charge in [-0.15, -0.1) is 11.3 Å². The topological polar surface area (TPSA) is 77.5 Å². The first-order chi connectivity index (χ1) is 10.6. The summed E-state index contributed by atoms with van der Waals surface area (Å²) in [7, 11) is 0. The van der Waals surface area contributed by atoms with E-state index in [1.165, 1.54) is 22.2 Å². The van der Waals surface area contributed by atoms with Crippen LogP contribution in [0, 0.1) is 6.92 Å². The van der Waals surface area contributed by atoms with E-state index in [4.69, 9.17) is 9.15 Å². The summed E-state index contributed by atoms with van der Waals surface area (Å²) in [6, 6.07) is 5.40. The second kappa shape index (κ2) is 6.43.